The number of nitrogens with zero attached hydrogens (tertiary/aromatic N) is 2. The van der Waals surface area contributed by atoms with E-state index in [1.165, 1.54) is 6.26 Å². The van der Waals surface area contributed by atoms with Crippen molar-refractivity contribution in [2.24, 2.45) is 5.92 Å². The molecular weight excluding hydrogens is 468 g/mol. The third-order valence-corrected chi connectivity index (χ3v) is 8.62. The first-order valence-electron chi connectivity index (χ1n) is 12.2. The normalized spacial score (nSPS) is 20.7. The minimum Gasteiger partial charge on any atom is -0.494 e. The Labute approximate surface area is 204 Å². The Balaban J connectivity index is 1.23. The van der Waals surface area contributed by atoms with Gasteiger partial charge >= 0.3 is 0 Å². The third-order valence-electron chi connectivity index (χ3n) is 7.32. The lowest BCUT2D eigenvalue weighted by Crippen LogP contribution is -2.37. The Bertz CT molecular complexity index is 1370. The molecule has 2 fully saturated rings. The van der Waals surface area contributed by atoms with E-state index in [0.717, 1.165) is 47.6 Å². The summed E-state index contributed by atoms with van der Waals surface area (Å²) in [5.74, 6) is 0.813. The predicted molar refractivity (Wildman–Crippen MR) is 132 cm³/mol. The number of sulfonamides is 1. The van der Waals surface area contributed by atoms with Crippen LogP contribution in [0.3, 0.4) is 0 Å². The van der Waals surface area contributed by atoms with Crippen LogP contribution in [-0.4, -0.2) is 55.4 Å². The molecule has 0 unspecified atom stereocenters. The second kappa shape index (κ2) is 9.70. The minimum atomic E-state index is -3.08. The highest BCUT2D eigenvalue weighted by Crippen LogP contribution is 2.37. The molecule has 35 heavy (non-hydrogen) atoms. The van der Waals surface area contributed by atoms with Crippen molar-refractivity contribution in [1.29, 1.82) is 0 Å². The zero-order chi connectivity index (χ0) is 24.6. The van der Waals surface area contributed by atoms with E-state index < -0.39 is 15.9 Å². The number of ketones is 2. The van der Waals surface area contributed by atoms with E-state index >= 15 is 0 Å². The molecule has 186 valence electrons. The number of hydrogen-bond acceptors (Lipinski definition) is 7. The van der Waals surface area contributed by atoms with E-state index in [0.29, 0.717) is 49.7 Å². The van der Waals surface area contributed by atoms with Crippen LogP contribution in [0.1, 0.15) is 56.6 Å². The maximum atomic E-state index is 12.5. The molecule has 2 aromatic carbocycles. The molecule has 1 saturated carbocycles. The van der Waals surface area contributed by atoms with Gasteiger partial charge in [0.15, 0.2) is 5.58 Å². The van der Waals surface area contributed by atoms with E-state index in [2.05, 4.69) is 5.16 Å². The summed E-state index contributed by atoms with van der Waals surface area (Å²) in [4.78, 5) is 24.2. The summed E-state index contributed by atoms with van der Waals surface area (Å²) >= 11 is 0. The number of rotatable bonds is 7. The van der Waals surface area contributed by atoms with Gasteiger partial charge in [0, 0.05) is 19.5 Å². The molecule has 0 radical (unpaired) electrons. The largest absolute Gasteiger partial charge is 0.494 e. The summed E-state index contributed by atoms with van der Waals surface area (Å²) in [6, 6.07) is 9.71. The van der Waals surface area contributed by atoms with Gasteiger partial charge in [-0.05, 0) is 73.1 Å². The average molecular weight is 499 g/mol. The Morgan fingerprint density at radius 3 is 2.66 bits per heavy atom. The van der Waals surface area contributed by atoms with Crippen LogP contribution in [0.4, 0.5) is 0 Å². The van der Waals surface area contributed by atoms with Gasteiger partial charge in [-0.25, -0.2) is 12.7 Å². The average Bonchev–Trinajstić information content (AvgIpc) is 3.26. The van der Waals surface area contributed by atoms with Gasteiger partial charge in [-0.1, -0.05) is 11.2 Å². The number of benzene rings is 2. The molecule has 0 spiro atoms. The van der Waals surface area contributed by atoms with Gasteiger partial charge in [0.25, 0.3) is 0 Å². The first-order chi connectivity index (χ1) is 16.8. The van der Waals surface area contributed by atoms with Crippen molar-refractivity contribution in [3.8, 4) is 5.75 Å². The fraction of sp³-hybridized carbons (Fsp3) is 0.500. The SMILES string of the molecule is CS(=O)(=O)N1CCC(CCCOc2ccc3c(ccc4onc([C@@H]5CCC(=O)CC5=O)c43)c2)CC1. The van der Waals surface area contributed by atoms with Crippen LogP contribution in [0.5, 0.6) is 5.75 Å². The molecule has 1 aliphatic heterocycles. The van der Waals surface area contributed by atoms with Crippen molar-refractivity contribution < 1.29 is 27.3 Å². The maximum Gasteiger partial charge on any atom is 0.211 e. The molecule has 5 rings (SSSR count). The molecule has 9 heteroatoms. The summed E-state index contributed by atoms with van der Waals surface area (Å²) in [6.07, 6.45) is 5.85. The maximum absolute atomic E-state index is 12.5. The van der Waals surface area contributed by atoms with Crippen LogP contribution in [0.25, 0.3) is 21.7 Å². The summed E-state index contributed by atoms with van der Waals surface area (Å²) < 4.78 is 36.4. The first kappa shape index (κ1) is 23.9. The zero-order valence-electron chi connectivity index (χ0n) is 19.9. The number of carbonyl (C=O) groups excluding carboxylic acids is 2. The lowest BCUT2D eigenvalue weighted by Gasteiger charge is -2.30. The van der Waals surface area contributed by atoms with Crippen LogP contribution in [0.2, 0.25) is 0 Å². The number of piperidine rings is 1. The first-order valence-corrected chi connectivity index (χ1v) is 14.1. The summed E-state index contributed by atoms with van der Waals surface area (Å²) in [6.45, 7) is 1.82. The number of hydrogen-bond donors (Lipinski definition) is 0. The van der Waals surface area contributed by atoms with Gasteiger partial charge in [0.2, 0.25) is 10.0 Å². The second-order valence-electron chi connectivity index (χ2n) is 9.76. The smallest absolute Gasteiger partial charge is 0.211 e. The van der Waals surface area contributed by atoms with E-state index in [1.54, 1.807) is 4.31 Å². The minimum absolute atomic E-state index is 0.00920. The lowest BCUT2D eigenvalue weighted by atomic mass is 9.83. The number of ether oxygens (including phenoxy) is 1. The van der Waals surface area contributed by atoms with E-state index in [1.807, 2.05) is 30.3 Å². The molecule has 8 nitrogen and oxygen atoms in total. The van der Waals surface area contributed by atoms with Crippen LogP contribution in [0, 0.1) is 5.92 Å². The zero-order valence-corrected chi connectivity index (χ0v) is 20.7. The van der Waals surface area contributed by atoms with Crippen LogP contribution < -0.4 is 4.74 Å². The van der Waals surface area contributed by atoms with Crippen molar-refractivity contribution in [2.75, 3.05) is 26.0 Å². The molecular formula is C26H30N2O6S. The molecule has 2 heterocycles. The van der Waals surface area contributed by atoms with E-state index in [9.17, 15) is 18.0 Å². The van der Waals surface area contributed by atoms with E-state index in [4.69, 9.17) is 9.26 Å². The van der Waals surface area contributed by atoms with Gasteiger partial charge in [-0.2, -0.15) is 0 Å². The number of aromatic nitrogens is 1. The molecule has 1 atom stereocenters. The van der Waals surface area contributed by atoms with Crippen molar-refractivity contribution in [3.63, 3.8) is 0 Å². The summed E-state index contributed by atoms with van der Waals surface area (Å²) in [5.41, 5.74) is 1.26. The molecule has 0 amide bonds. The molecule has 1 aliphatic carbocycles. The highest BCUT2D eigenvalue weighted by Gasteiger charge is 2.32. The van der Waals surface area contributed by atoms with Crippen LogP contribution >= 0.6 is 0 Å². The molecule has 3 aromatic rings. The van der Waals surface area contributed by atoms with Crippen LogP contribution in [0.15, 0.2) is 34.9 Å². The van der Waals surface area contributed by atoms with Gasteiger partial charge in [0.1, 0.15) is 23.0 Å². The molecule has 0 N–H and O–H groups in total. The van der Waals surface area contributed by atoms with Crippen molar-refractivity contribution in [2.45, 2.75) is 50.9 Å². The quantitative estimate of drug-likeness (QED) is 0.355. The molecule has 2 aliphatic rings. The van der Waals surface area contributed by atoms with Gasteiger partial charge < -0.3 is 9.26 Å². The fourth-order valence-electron chi connectivity index (χ4n) is 5.35. The highest BCUT2D eigenvalue weighted by atomic mass is 32.2. The number of fused-ring (bicyclic) bond motifs is 3. The topological polar surface area (TPSA) is 107 Å². The molecule has 1 saturated heterocycles. The molecule has 0 bridgehead atoms. The van der Waals surface area contributed by atoms with Gasteiger partial charge in [-0.3, -0.25) is 9.59 Å². The monoisotopic (exact) mass is 498 g/mol. The third kappa shape index (κ3) is 5.11. The van der Waals surface area contributed by atoms with Crippen molar-refractivity contribution >= 4 is 43.3 Å². The summed E-state index contributed by atoms with van der Waals surface area (Å²) in [7, 11) is -3.08. The second-order valence-corrected chi connectivity index (χ2v) is 11.7. The Kier molecular flexibility index (Phi) is 6.63. The Hall–Kier alpha value is -2.78. The lowest BCUT2D eigenvalue weighted by molar-refractivity contribution is -0.130. The number of Topliss-reactive ketones (excluding diaryl/α,β-unsaturated/α-hetero) is 2. The van der Waals surface area contributed by atoms with Gasteiger partial charge in [0.05, 0.1) is 30.6 Å². The van der Waals surface area contributed by atoms with Crippen molar-refractivity contribution in [1.82, 2.24) is 9.46 Å². The molecule has 1 aromatic heterocycles. The van der Waals surface area contributed by atoms with Crippen LogP contribution in [-0.2, 0) is 19.6 Å². The fourth-order valence-corrected chi connectivity index (χ4v) is 6.23. The Morgan fingerprint density at radius 2 is 1.91 bits per heavy atom. The summed E-state index contributed by atoms with van der Waals surface area (Å²) in [5, 5.41) is 6.98. The standard InChI is InChI=1S/C26H30N2O6S/c1-35(31,32)28-12-10-17(11-13-28)3-2-14-33-20-6-8-21-18(15-20)4-9-24-25(21)26(27-34-24)22-7-5-19(29)16-23(22)30/h4,6,8-9,15,17,22H,2-3,5,7,10-14,16H2,1H3/t22-/m1/s1. The predicted octanol–water partition coefficient (Wildman–Crippen LogP) is 4.22. The van der Waals surface area contributed by atoms with Crippen molar-refractivity contribution in [3.05, 3.63) is 36.0 Å². The highest BCUT2D eigenvalue weighted by molar-refractivity contribution is 7.88. The number of carbonyl (C=O) groups is 2. The van der Waals surface area contributed by atoms with Gasteiger partial charge in [-0.15, -0.1) is 0 Å². The Morgan fingerprint density at radius 1 is 1.11 bits per heavy atom. The van der Waals surface area contributed by atoms with E-state index in [-0.39, 0.29) is 18.0 Å².